The van der Waals surface area contributed by atoms with Crippen LogP contribution in [0.4, 0.5) is 4.79 Å². The van der Waals surface area contributed by atoms with Gasteiger partial charge in [0.1, 0.15) is 11.4 Å². The van der Waals surface area contributed by atoms with Crippen molar-refractivity contribution in [1.82, 2.24) is 9.55 Å². The Morgan fingerprint density at radius 1 is 1.53 bits per heavy atom. The van der Waals surface area contributed by atoms with Gasteiger partial charge in [-0.2, -0.15) is 0 Å². The second-order valence-corrected chi connectivity index (χ2v) is 4.49. The summed E-state index contributed by atoms with van der Waals surface area (Å²) in [7, 11) is 0. The lowest BCUT2D eigenvalue weighted by Gasteiger charge is -2.20. The average molecular weight is 210 g/mol. The summed E-state index contributed by atoms with van der Waals surface area (Å²) in [6, 6.07) is 0. The van der Waals surface area contributed by atoms with Crippen molar-refractivity contribution in [3.8, 4) is 0 Å². The van der Waals surface area contributed by atoms with E-state index in [1.807, 2.05) is 34.6 Å². The van der Waals surface area contributed by atoms with Crippen LogP contribution >= 0.6 is 0 Å². The van der Waals surface area contributed by atoms with Gasteiger partial charge >= 0.3 is 6.09 Å². The number of aromatic nitrogens is 2. The highest BCUT2D eigenvalue weighted by Crippen LogP contribution is 2.12. The zero-order valence-electron chi connectivity index (χ0n) is 10.00. The molecule has 0 bridgehead atoms. The van der Waals surface area contributed by atoms with Gasteiger partial charge in [-0.3, -0.25) is 0 Å². The number of hydrogen-bond donors (Lipinski definition) is 0. The summed E-state index contributed by atoms with van der Waals surface area (Å²) in [6.45, 7) is 9.35. The Morgan fingerprint density at radius 2 is 2.13 bits per heavy atom. The minimum atomic E-state index is -0.473. The first-order valence-corrected chi connectivity index (χ1v) is 5.11. The molecule has 4 nitrogen and oxygen atoms in total. The Morgan fingerprint density at radius 3 is 2.60 bits per heavy atom. The van der Waals surface area contributed by atoms with Gasteiger partial charge in [0.15, 0.2) is 0 Å². The van der Waals surface area contributed by atoms with Gasteiger partial charge in [-0.15, -0.1) is 0 Å². The van der Waals surface area contributed by atoms with Crippen LogP contribution in [-0.2, 0) is 11.2 Å². The smallest absolute Gasteiger partial charge is 0.420 e. The lowest BCUT2D eigenvalue weighted by atomic mass is 10.2. The number of carbonyl (C=O) groups is 1. The van der Waals surface area contributed by atoms with Crippen LogP contribution in [0, 0.1) is 6.92 Å². The van der Waals surface area contributed by atoms with E-state index in [0.717, 1.165) is 11.5 Å². The van der Waals surface area contributed by atoms with Crippen molar-refractivity contribution in [1.29, 1.82) is 0 Å². The predicted octanol–water partition coefficient (Wildman–Crippen LogP) is 2.54. The van der Waals surface area contributed by atoms with Crippen molar-refractivity contribution in [2.24, 2.45) is 0 Å². The van der Waals surface area contributed by atoms with Crippen molar-refractivity contribution in [3.63, 3.8) is 0 Å². The number of imidazole rings is 1. The molecule has 0 aliphatic carbocycles. The second kappa shape index (κ2) is 4.04. The highest BCUT2D eigenvalue weighted by atomic mass is 16.6. The van der Waals surface area contributed by atoms with Crippen molar-refractivity contribution in [2.45, 2.75) is 46.6 Å². The maximum absolute atomic E-state index is 11.8. The van der Waals surface area contributed by atoms with Crippen molar-refractivity contribution < 1.29 is 9.53 Å². The molecule has 0 unspecified atom stereocenters. The van der Waals surface area contributed by atoms with E-state index in [2.05, 4.69) is 4.98 Å². The molecule has 0 atom stereocenters. The fourth-order valence-corrected chi connectivity index (χ4v) is 1.29. The van der Waals surface area contributed by atoms with Gasteiger partial charge in [-0.05, 0) is 27.7 Å². The third kappa shape index (κ3) is 2.81. The van der Waals surface area contributed by atoms with Crippen LogP contribution in [0.2, 0.25) is 0 Å². The van der Waals surface area contributed by atoms with Crippen molar-refractivity contribution in [2.75, 3.05) is 0 Å². The number of nitrogens with zero attached hydrogens (tertiary/aromatic N) is 2. The number of rotatable bonds is 1. The van der Waals surface area contributed by atoms with E-state index in [0.29, 0.717) is 6.42 Å². The lowest BCUT2D eigenvalue weighted by molar-refractivity contribution is 0.0529. The molecule has 1 rings (SSSR count). The van der Waals surface area contributed by atoms with E-state index >= 15 is 0 Å². The molecule has 4 heteroatoms. The van der Waals surface area contributed by atoms with Crippen LogP contribution in [0.25, 0.3) is 0 Å². The molecule has 0 saturated carbocycles. The van der Waals surface area contributed by atoms with Crippen LogP contribution in [0.1, 0.15) is 39.2 Å². The highest BCUT2D eigenvalue weighted by Gasteiger charge is 2.20. The van der Waals surface area contributed by atoms with Crippen LogP contribution in [-0.4, -0.2) is 21.2 Å². The Bertz CT molecular complexity index is 361. The molecule has 0 aliphatic rings. The fraction of sp³-hybridized carbons (Fsp3) is 0.636. The molecule has 1 heterocycles. The van der Waals surface area contributed by atoms with E-state index in [4.69, 9.17) is 4.74 Å². The molecule has 1 aromatic heterocycles. The molecular formula is C11H18N2O2. The van der Waals surface area contributed by atoms with Gasteiger partial charge in [0, 0.05) is 18.3 Å². The molecule has 1 aromatic rings. The minimum Gasteiger partial charge on any atom is -0.443 e. The molecule has 0 spiro atoms. The van der Waals surface area contributed by atoms with Gasteiger partial charge in [-0.1, -0.05) is 6.92 Å². The Kier molecular flexibility index (Phi) is 3.17. The van der Waals surface area contributed by atoms with Crippen LogP contribution in [0.15, 0.2) is 6.20 Å². The largest absolute Gasteiger partial charge is 0.443 e. The summed E-state index contributed by atoms with van der Waals surface area (Å²) >= 11 is 0. The summed E-state index contributed by atoms with van der Waals surface area (Å²) < 4.78 is 6.81. The summed E-state index contributed by atoms with van der Waals surface area (Å²) in [6.07, 6.45) is 2.05. The van der Waals surface area contributed by atoms with E-state index in [1.165, 1.54) is 4.57 Å². The number of carbonyl (C=O) groups excluding carboxylic acids is 1. The SMILES string of the molecule is CCc1ncc(C)n1C(=O)OC(C)(C)C. The minimum absolute atomic E-state index is 0.352. The average Bonchev–Trinajstić information content (AvgIpc) is 2.43. The van der Waals surface area contributed by atoms with E-state index in [-0.39, 0.29) is 6.09 Å². The van der Waals surface area contributed by atoms with Crippen molar-refractivity contribution >= 4 is 6.09 Å². The van der Waals surface area contributed by atoms with Gasteiger partial charge in [0.2, 0.25) is 0 Å². The fourth-order valence-electron chi connectivity index (χ4n) is 1.29. The maximum Gasteiger partial charge on any atom is 0.420 e. The van der Waals surface area contributed by atoms with E-state index in [9.17, 15) is 4.79 Å². The lowest BCUT2D eigenvalue weighted by Crippen LogP contribution is -2.28. The summed E-state index contributed by atoms with van der Waals surface area (Å²) in [5.41, 5.74) is 0.333. The van der Waals surface area contributed by atoms with E-state index < -0.39 is 5.60 Å². The Labute approximate surface area is 90.3 Å². The van der Waals surface area contributed by atoms with Crippen molar-refractivity contribution in [3.05, 3.63) is 17.7 Å². The summed E-state index contributed by atoms with van der Waals surface area (Å²) in [4.78, 5) is 16.0. The first-order valence-electron chi connectivity index (χ1n) is 5.11. The van der Waals surface area contributed by atoms with E-state index in [1.54, 1.807) is 6.20 Å². The van der Waals surface area contributed by atoms with Crippen LogP contribution in [0.5, 0.6) is 0 Å². The highest BCUT2D eigenvalue weighted by molar-refractivity contribution is 5.72. The maximum atomic E-state index is 11.8. The van der Waals surface area contributed by atoms with Crippen LogP contribution in [0.3, 0.4) is 0 Å². The van der Waals surface area contributed by atoms with Gasteiger partial charge in [0.05, 0.1) is 0 Å². The number of hydrogen-bond acceptors (Lipinski definition) is 3. The molecule has 0 aromatic carbocycles. The topological polar surface area (TPSA) is 44.1 Å². The molecular weight excluding hydrogens is 192 g/mol. The third-order valence-electron chi connectivity index (χ3n) is 1.90. The molecule has 0 aliphatic heterocycles. The van der Waals surface area contributed by atoms with Gasteiger partial charge in [-0.25, -0.2) is 14.3 Å². The molecule has 0 amide bonds. The Balaban J connectivity index is 2.95. The molecule has 0 N–H and O–H groups in total. The molecule has 0 radical (unpaired) electrons. The number of aryl methyl sites for hydroxylation is 2. The zero-order valence-corrected chi connectivity index (χ0v) is 10.00. The van der Waals surface area contributed by atoms with Gasteiger partial charge in [0.25, 0.3) is 0 Å². The zero-order chi connectivity index (χ0) is 11.6. The quantitative estimate of drug-likeness (QED) is 0.715. The van der Waals surface area contributed by atoms with Crippen LogP contribution < -0.4 is 0 Å². The first-order chi connectivity index (χ1) is 6.85. The van der Waals surface area contributed by atoms with Gasteiger partial charge < -0.3 is 4.74 Å². The third-order valence-corrected chi connectivity index (χ3v) is 1.90. The monoisotopic (exact) mass is 210 g/mol. The normalized spacial score (nSPS) is 11.5. The standard InChI is InChI=1S/C11H18N2O2/c1-6-9-12-7-8(2)13(9)10(14)15-11(3,4)5/h7H,6H2,1-5H3. The molecule has 0 fully saturated rings. The first kappa shape index (κ1) is 11.8. The summed E-state index contributed by atoms with van der Waals surface area (Å²) in [5, 5.41) is 0. The number of ether oxygens (including phenoxy) is 1. The summed E-state index contributed by atoms with van der Waals surface area (Å²) in [5.74, 6) is 0.738. The molecule has 0 saturated heterocycles. The predicted molar refractivity (Wildman–Crippen MR) is 58.0 cm³/mol. The molecule has 84 valence electrons. The molecule has 15 heavy (non-hydrogen) atoms. The Hall–Kier alpha value is -1.32. The second-order valence-electron chi connectivity index (χ2n) is 4.49.